The summed E-state index contributed by atoms with van der Waals surface area (Å²) in [5.41, 5.74) is 13.2. The molecule has 41 heavy (non-hydrogen) atoms. The van der Waals surface area contributed by atoms with Gasteiger partial charge < -0.3 is 16.2 Å². The average Bonchev–Trinajstić information content (AvgIpc) is 3.39. The summed E-state index contributed by atoms with van der Waals surface area (Å²) in [6.07, 6.45) is 4.79. The van der Waals surface area contributed by atoms with E-state index in [4.69, 9.17) is 15.7 Å². The summed E-state index contributed by atoms with van der Waals surface area (Å²) in [5, 5.41) is 13.3. The lowest BCUT2D eigenvalue weighted by atomic mass is 10.1. The summed E-state index contributed by atoms with van der Waals surface area (Å²) in [7, 11) is 0. The summed E-state index contributed by atoms with van der Waals surface area (Å²) in [5.74, 6) is 1.06. The third-order valence-electron chi connectivity index (χ3n) is 6.85. The Bertz CT molecular complexity index is 1830. The number of anilines is 1. The van der Waals surface area contributed by atoms with E-state index >= 15 is 0 Å². The second-order valence-electron chi connectivity index (χ2n) is 9.57. The molecule has 0 aliphatic heterocycles. The highest BCUT2D eigenvalue weighted by molar-refractivity contribution is 5.84. The fourth-order valence-corrected chi connectivity index (χ4v) is 4.72. The number of phenols is 1. The quantitative estimate of drug-likeness (QED) is 0.173. The number of carbonyl (C=O) groups is 1. The number of nitrogens with one attached hydrogen (secondary N) is 1. The highest BCUT2D eigenvalue weighted by Gasteiger charge is 2.19. The molecule has 0 unspecified atom stereocenters. The van der Waals surface area contributed by atoms with Crippen molar-refractivity contribution in [2.75, 3.05) is 12.3 Å². The highest BCUT2D eigenvalue weighted by Crippen LogP contribution is 2.31. The molecule has 4 N–H and O–H groups in total. The van der Waals surface area contributed by atoms with Crippen molar-refractivity contribution in [3.05, 3.63) is 114 Å². The number of aldehydes is 1. The lowest BCUT2D eigenvalue weighted by molar-refractivity contribution is 0.112. The Hall–Kier alpha value is -5.41. The van der Waals surface area contributed by atoms with Crippen LogP contribution in [0.5, 0.6) is 5.75 Å². The van der Waals surface area contributed by atoms with Crippen molar-refractivity contribution < 1.29 is 9.90 Å². The maximum atomic E-state index is 10.9. The van der Waals surface area contributed by atoms with Crippen LogP contribution in [0.15, 0.2) is 97.3 Å². The highest BCUT2D eigenvalue weighted by atomic mass is 16.3. The van der Waals surface area contributed by atoms with E-state index in [-0.39, 0.29) is 5.75 Å². The first-order valence-electron chi connectivity index (χ1n) is 13.2. The predicted octanol–water partition coefficient (Wildman–Crippen LogP) is 4.98. The molecule has 202 valence electrons. The molecule has 0 atom stereocenters. The molecule has 6 rings (SSSR count). The number of aromatic nitrogens is 5. The smallest absolute Gasteiger partial charge is 0.165 e. The van der Waals surface area contributed by atoms with Crippen molar-refractivity contribution >= 4 is 23.3 Å². The topological polar surface area (TPSA) is 132 Å². The van der Waals surface area contributed by atoms with Crippen LogP contribution in [-0.2, 0) is 13.0 Å². The molecule has 0 saturated heterocycles. The van der Waals surface area contributed by atoms with E-state index in [0.717, 1.165) is 52.2 Å². The molecule has 0 bridgehead atoms. The standard InChI is InChI=1S/C32H27N7O2/c33-30-25(4-3-16-36-30)31-38-28-13-12-27(26-5-1-2-15-35-26)37-32(28)39(31)24-10-7-22(8-11-24)19-34-17-14-21-6-9-23(20-40)29(41)18-21/h1-13,15-16,18,20,34,41H,14,17,19H2,(H2,33,36). The van der Waals surface area contributed by atoms with Crippen LogP contribution in [0.2, 0.25) is 0 Å². The third-order valence-corrected chi connectivity index (χ3v) is 6.85. The molecule has 9 heteroatoms. The van der Waals surface area contributed by atoms with Gasteiger partial charge in [-0.3, -0.25) is 14.3 Å². The van der Waals surface area contributed by atoms with E-state index in [0.29, 0.717) is 35.7 Å². The monoisotopic (exact) mass is 541 g/mol. The summed E-state index contributed by atoms with van der Waals surface area (Å²) < 4.78 is 2.00. The second kappa shape index (κ2) is 11.4. The Morgan fingerprint density at radius 2 is 1.68 bits per heavy atom. The fraction of sp³-hybridized carbons (Fsp3) is 0.0938. The normalized spacial score (nSPS) is 11.1. The van der Waals surface area contributed by atoms with Gasteiger partial charge in [-0.15, -0.1) is 0 Å². The first-order chi connectivity index (χ1) is 20.1. The molecule has 6 aromatic rings. The van der Waals surface area contributed by atoms with E-state index in [1.165, 1.54) is 0 Å². The van der Waals surface area contributed by atoms with Gasteiger partial charge in [-0.05, 0) is 84.8 Å². The van der Waals surface area contributed by atoms with Crippen LogP contribution in [0.3, 0.4) is 0 Å². The maximum absolute atomic E-state index is 10.9. The molecule has 0 radical (unpaired) electrons. The zero-order valence-corrected chi connectivity index (χ0v) is 22.1. The summed E-state index contributed by atoms with van der Waals surface area (Å²) >= 11 is 0. The lowest BCUT2D eigenvalue weighted by Crippen LogP contribution is -2.16. The van der Waals surface area contributed by atoms with Gasteiger partial charge in [0, 0.05) is 24.6 Å². The maximum Gasteiger partial charge on any atom is 0.165 e. The van der Waals surface area contributed by atoms with Gasteiger partial charge in [-0.2, -0.15) is 0 Å². The Labute approximate surface area is 236 Å². The molecular formula is C32H27N7O2. The molecular weight excluding hydrogens is 514 g/mol. The zero-order chi connectivity index (χ0) is 28.2. The van der Waals surface area contributed by atoms with Gasteiger partial charge in [0.2, 0.25) is 0 Å². The average molecular weight is 542 g/mol. The Morgan fingerprint density at radius 1 is 0.854 bits per heavy atom. The first kappa shape index (κ1) is 25.8. The number of imidazole rings is 1. The van der Waals surface area contributed by atoms with Gasteiger partial charge in [-0.1, -0.05) is 24.3 Å². The number of phenolic OH excluding ortho intramolecular Hbond substituents is 1. The van der Waals surface area contributed by atoms with Gasteiger partial charge >= 0.3 is 0 Å². The lowest BCUT2D eigenvalue weighted by Gasteiger charge is -2.12. The Balaban J connectivity index is 1.27. The number of hydrogen-bond acceptors (Lipinski definition) is 8. The van der Waals surface area contributed by atoms with Crippen molar-refractivity contribution in [1.29, 1.82) is 0 Å². The number of aromatic hydroxyl groups is 1. The largest absolute Gasteiger partial charge is 0.507 e. The molecule has 0 aliphatic rings. The minimum atomic E-state index is 0.00849. The minimum Gasteiger partial charge on any atom is -0.507 e. The molecule has 0 saturated carbocycles. The second-order valence-corrected chi connectivity index (χ2v) is 9.57. The van der Waals surface area contributed by atoms with Crippen molar-refractivity contribution in [2.45, 2.75) is 13.0 Å². The number of pyridine rings is 3. The van der Waals surface area contributed by atoms with Crippen molar-refractivity contribution in [2.24, 2.45) is 0 Å². The molecule has 0 amide bonds. The van der Waals surface area contributed by atoms with Crippen molar-refractivity contribution in [1.82, 2.24) is 29.8 Å². The number of rotatable bonds is 9. The van der Waals surface area contributed by atoms with Gasteiger partial charge in [0.1, 0.15) is 17.1 Å². The number of hydrogen-bond donors (Lipinski definition) is 3. The number of nitrogen functional groups attached to an aromatic ring is 1. The molecule has 4 heterocycles. The van der Waals surface area contributed by atoms with Crippen molar-refractivity contribution in [3.63, 3.8) is 0 Å². The molecule has 2 aromatic carbocycles. The van der Waals surface area contributed by atoms with Gasteiger partial charge in [0.25, 0.3) is 0 Å². The summed E-state index contributed by atoms with van der Waals surface area (Å²) in [6.45, 7) is 1.40. The van der Waals surface area contributed by atoms with E-state index in [1.807, 2.05) is 65.2 Å². The zero-order valence-electron chi connectivity index (χ0n) is 22.1. The summed E-state index contributed by atoms with van der Waals surface area (Å²) in [4.78, 5) is 29.5. The Morgan fingerprint density at radius 3 is 2.44 bits per heavy atom. The van der Waals surface area contributed by atoms with Gasteiger partial charge in [-0.25, -0.2) is 15.0 Å². The van der Waals surface area contributed by atoms with E-state index in [1.54, 1.807) is 24.5 Å². The number of fused-ring (bicyclic) bond motifs is 1. The van der Waals surface area contributed by atoms with Crippen LogP contribution in [0.1, 0.15) is 21.5 Å². The molecule has 0 spiro atoms. The predicted molar refractivity (Wildman–Crippen MR) is 159 cm³/mol. The molecule has 9 nitrogen and oxygen atoms in total. The number of nitrogens with two attached hydrogens (primary N) is 1. The van der Waals surface area contributed by atoms with Crippen LogP contribution in [-0.4, -0.2) is 42.4 Å². The minimum absolute atomic E-state index is 0.00849. The van der Waals surface area contributed by atoms with E-state index < -0.39 is 0 Å². The Kier molecular flexibility index (Phi) is 7.17. The van der Waals surface area contributed by atoms with Gasteiger partial charge in [0.05, 0.1) is 22.5 Å². The molecule has 0 aliphatic carbocycles. The van der Waals surface area contributed by atoms with Crippen molar-refractivity contribution in [3.8, 4) is 34.2 Å². The van der Waals surface area contributed by atoms with Gasteiger partial charge in [0.15, 0.2) is 17.8 Å². The SMILES string of the molecule is Nc1ncccc1-c1nc2ccc(-c3ccccn3)nc2n1-c1ccc(CNCCc2ccc(C=O)c(O)c2)cc1. The fourth-order valence-electron chi connectivity index (χ4n) is 4.72. The van der Waals surface area contributed by atoms with Crippen LogP contribution in [0.4, 0.5) is 5.82 Å². The summed E-state index contributed by atoms with van der Waals surface area (Å²) in [6, 6.07) is 26.7. The van der Waals surface area contributed by atoms with E-state index in [9.17, 15) is 9.90 Å². The van der Waals surface area contributed by atoms with Crippen LogP contribution in [0, 0.1) is 0 Å². The van der Waals surface area contributed by atoms with Crippen LogP contribution < -0.4 is 11.1 Å². The van der Waals surface area contributed by atoms with Crippen LogP contribution >= 0.6 is 0 Å². The van der Waals surface area contributed by atoms with Crippen LogP contribution in [0.25, 0.3) is 39.6 Å². The first-order valence-corrected chi connectivity index (χ1v) is 13.2. The number of nitrogens with zero attached hydrogens (tertiary/aromatic N) is 5. The molecule has 0 fully saturated rings. The third kappa shape index (κ3) is 5.39. The van der Waals surface area contributed by atoms with E-state index in [2.05, 4.69) is 27.4 Å². The number of carbonyl (C=O) groups excluding carboxylic acids is 1. The molecule has 4 aromatic heterocycles. The number of benzene rings is 2.